The summed E-state index contributed by atoms with van der Waals surface area (Å²) in [6.07, 6.45) is 0.649. The van der Waals surface area contributed by atoms with Crippen LogP contribution in [0, 0.1) is 0 Å². The standard InChI is InChI=1S/C17H16OS/c1-12-9-17(18)16-10-14(7-8-15(16)11-19-12)13-5-3-2-4-6-13/h2-8,10,12H,9,11H2,1H3. The number of carbonyl (C=O) groups is 1. The van der Waals surface area contributed by atoms with Gasteiger partial charge in [-0.1, -0.05) is 49.4 Å². The van der Waals surface area contributed by atoms with Gasteiger partial charge in [0.1, 0.15) is 0 Å². The molecular weight excluding hydrogens is 252 g/mol. The van der Waals surface area contributed by atoms with Crippen LogP contribution in [0.5, 0.6) is 0 Å². The summed E-state index contributed by atoms with van der Waals surface area (Å²) in [7, 11) is 0. The van der Waals surface area contributed by atoms with E-state index in [2.05, 4.69) is 37.3 Å². The van der Waals surface area contributed by atoms with Gasteiger partial charge in [-0.15, -0.1) is 0 Å². The average Bonchev–Trinajstić information content (AvgIpc) is 2.59. The molecule has 3 rings (SSSR count). The van der Waals surface area contributed by atoms with Crippen molar-refractivity contribution in [3.05, 3.63) is 59.7 Å². The first kappa shape index (κ1) is 12.5. The molecule has 1 unspecified atom stereocenters. The lowest BCUT2D eigenvalue weighted by atomic mass is 9.96. The van der Waals surface area contributed by atoms with E-state index in [9.17, 15) is 4.79 Å². The predicted molar refractivity (Wildman–Crippen MR) is 81.6 cm³/mol. The summed E-state index contributed by atoms with van der Waals surface area (Å²) in [5, 5.41) is 0.417. The highest BCUT2D eigenvalue weighted by Gasteiger charge is 2.20. The first-order chi connectivity index (χ1) is 9.24. The Kier molecular flexibility index (Phi) is 3.43. The molecule has 0 spiro atoms. The third kappa shape index (κ3) is 2.59. The number of fused-ring (bicyclic) bond motifs is 1. The van der Waals surface area contributed by atoms with Crippen molar-refractivity contribution in [3.8, 4) is 11.1 Å². The summed E-state index contributed by atoms with van der Waals surface area (Å²) in [5.41, 5.74) is 4.40. The van der Waals surface area contributed by atoms with Crippen LogP contribution in [-0.4, -0.2) is 11.0 Å². The maximum Gasteiger partial charge on any atom is 0.164 e. The predicted octanol–water partition coefficient (Wildman–Crippen LogP) is 4.56. The number of benzene rings is 2. The number of thioether (sulfide) groups is 1. The van der Waals surface area contributed by atoms with Crippen LogP contribution in [-0.2, 0) is 5.75 Å². The maximum atomic E-state index is 12.3. The van der Waals surface area contributed by atoms with Crippen molar-refractivity contribution in [1.82, 2.24) is 0 Å². The molecule has 0 saturated heterocycles. The zero-order valence-electron chi connectivity index (χ0n) is 10.9. The molecule has 1 aliphatic heterocycles. The largest absolute Gasteiger partial charge is 0.294 e. The van der Waals surface area contributed by atoms with Crippen molar-refractivity contribution >= 4 is 17.5 Å². The maximum absolute atomic E-state index is 12.3. The van der Waals surface area contributed by atoms with Gasteiger partial charge in [0.05, 0.1) is 0 Å². The van der Waals surface area contributed by atoms with Gasteiger partial charge < -0.3 is 0 Å². The monoisotopic (exact) mass is 268 g/mol. The van der Waals surface area contributed by atoms with Gasteiger partial charge in [-0.25, -0.2) is 0 Å². The highest BCUT2D eigenvalue weighted by Crippen LogP contribution is 2.31. The van der Waals surface area contributed by atoms with Crippen molar-refractivity contribution in [3.63, 3.8) is 0 Å². The molecule has 1 heterocycles. The van der Waals surface area contributed by atoms with E-state index in [4.69, 9.17) is 0 Å². The van der Waals surface area contributed by atoms with E-state index in [1.807, 2.05) is 30.0 Å². The van der Waals surface area contributed by atoms with Crippen LogP contribution in [0.15, 0.2) is 48.5 Å². The molecule has 2 heteroatoms. The lowest BCUT2D eigenvalue weighted by molar-refractivity contribution is 0.0983. The molecule has 0 aromatic heterocycles. The Morgan fingerprint density at radius 2 is 1.84 bits per heavy atom. The third-order valence-corrected chi connectivity index (χ3v) is 4.73. The zero-order valence-corrected chi connectivity index (χ0v) is 11.7. The Morgan fingerprint density at radius 1 is 1.05 bits per heavy atom. The second kappa shape index (κ2) is 5.22. The summed E-state index contributed by atoms with van der Waals surface area (Å²) in [4.78, 5) is 12.3. The fourth-order valence-electron chi connectivity index (χ4n) is 2.43. The van der Waals surface area contributed by atoms with Crippen LogP contribution < -0.4 is 0 Å². The van der Waals surface area contributed by atoms with Crippen molar-refractivity contribution in [1.29, 1.82) is 0 Å². The third-order valence-electron chi connectivity index (χ3n) is 3.51. The molecule has 19 heavy (non-hydrogen) atoms. The average molecular weight is 268 g/mol. The molecule has 2 aromatic carbocycles. The van der Waals surface area contributed by atoms with Crippen LogP contribution in [0.1, 0.15) is 29.3 Å². The van der Waals surface area contributed by atoms with Crippen LogP contribution in [0.2, 0.25) is 0 Å². The van der Waals surface area contributed by atoms with E-state index >= 15 is 0 Å². The first-order valence-corrected chi connectivity index (χ1v) is 7.62. The fourth-order valence-corrected chi connectivity index (χ4v) is 3.42. The van der Waals surface area contributed by atoms with Crippen molar-refractivity contribution < 1.29 is 4.79 Å². The minimum absolute atomic E-state index is 0.283. The summed E-state index contributed by atoms with van der Waals surface area (Å²) in [6, 6.07) is 16.5. The Morgan fingerprint density at radius 3 is 2.63 bits per heavy atom. The topological polar surface area (TPSA) is 17.1 Å². The van der Waals surface area contributed by atoms with E-state index in [1.165, 1.54) is 11.1 Å². The number of rotatable bonds is 1. The summed E-state index contributed by atoms with van der Waals surface area (Å²) in [5.74, 6) is 1.22. The minimum Gasteiger partial charge on any atom is -0.294 e. The zero-order chi connectivity index (χ0) is 13.2. The molecule has 1 atom stereocenters. The Bertz CT molecular complexity index is 604. The molecule has 0 fully saturated rings. The van der Waals surface area contributed by atoms with E-state index in [-0.39, 0.29) is 5.78 Å². The number of Topliss-reactive ketones (excluding diaryl/α,β-unsaturated/α-hetero) is 1. The second-order valence-corrected chi connectivity index (χ2v) is 6.41. The molecule has 1 nitrogen and oxygen atoms in total. The van der Waals surface area contributed by atoms with Gasteiger partial charge in [-0.2, -0.15) is 11.8 Å². The normalized spacial score (nSPS) is 18.8. The Balaban J connectivity index is 2.04. The quantitative estimate of drug-likeness (QED) is 0.754. The molecule has 0 saturated carbocycles. The number of hydrogen-bond acceptors (Lipinski definition) is 2. The van der Waals surface area contributed by atoms with Crippen LogP contribution in [0.3, 0.4) is 0 Å². The number of ketones is 1. The first-order valence-electron chi connectivity index (χ1n) is 6.57. The number of carbonyl (C=O) groups excluding carboxylic acids is 1. The highest BCUT2D eigenvalue weighted by atomic mass is 32.2. The molecule has 0 aliphatic carbocycles. The second-order valence-electron chi connectivity index (χ2n) is 4.99. The fraction of sp³-hybridized carbons (Fsp3) is 0.235. The molecular formula is C17H16OS. The van der Waals surface area contributed by atoms with E-state index in [0.717, 1.165) is 16.9 Å². The summed E-state index contributed by atoms with van der Waals surface area (Å²) in [6.45, 7) is 2.13. The summed E-state index contributed by atoms with van der Waals surface area (Å²) >= 11 is 1.87. The molecule has 96 valence electrons. The summed E-state index contributed by atoms with van der Waals surface area (Å²) < 4.78 is 0. The van der Waals surface area contributed by atoms with Crippen molar-refractivity contribution in [2.75, 3.05) is 0 Å². The van der Waals surface area contributed by atoms with Crippen LogP contribution in [0.25, 0.3) is 11.1 Å². The van der Waals surface area contributed by atoms with Crippen LogP contribution >= 0.6 is 11.8 Å². The van der Waals surface area contributed by atoms with Gasteiger partial charge in [0.25, 0.3) is 0 Å². The Labute approximate surface area is 118 Å². The minimum atomic E-state index is 0.283. The van der Waals surface area contributed by atoms with E-state index in [0.29, 0.717) is 11.7 Å². The smallest absolute Gasteiger partial charge is 0.164 e. The van der Waals surface area contributed by atoms with Crippen molar-refractivity contribution in [2.24, 2.45) is 0 Å². The molecule has 0 N–H and O–H groups in total. The van der Waals surface area contributed by atoms with E-state index in [1.54, 1.807) is 0 Å². The van der Waals surface area contributed by atoms with Gasteiger partial charge in [0.15, 0.2) is 5.78 Å². The van der Waals surface area contributed by atoms with E-state index < -0.39 is 0 Å². The van der Waals surface area contributed by atoms with Crippen LogP contribution in [0.4, 0.5) is 0 Å². The number of hydrogen-bond donors (Lipinski definition) is 0. The molecule has 1 aliphatic rings. The van der Waals surface area contributed by atoms with Gasteiger partial charge in [0, 0.05) is 23.0 Å². The molecule has 0 amide bonds. The highest BCUT2D eigenvalue weighted by molar-refractivity contribution is 7.99. The Hall–Kier alpha value is -1.54. The van der Waals surface area contributed by atoms with Crippen molar-refractivity contribution in [2.45, 2.75) is 24.3 Å². The van der Waals surface area contributed by atoms with Gasteiger partial charge in [0.2, 0.25) is 0 Å². The SMILES string of the molecule is CC1CC(=O)c2cc(-c3ccccc3)ccc2CS1. The molecule has 0 bridgehead atoms. The lowest BCUT2D eigenvalue weighted by Gasteiger charge is -2.07. The molecule has 0 radical (unpaired) electrons. The van der Waals surface area contributed by atoms with Gasteiger partial charge in [-0.3, -0.25) is 4.79 Å². The lowest BCUT2D eigenvalue weighted by Crippen LogP contribution is -2.05. The molecule has 2 aromatic rings. The van der Waals surface area contributed by atoms with Gasteiger partial charge >= 0.3 is 0 Å². The van der Waals surface area contributed by atoms with Gasteiger partial charge in [-0.05, 0) is 22.8 Å².